The fourth-order valence-electron chi connectivity index (χ4n) is 3.28. The fourth-order valence-corrected chi connectivity index (χ4v) is 3.28. The molecule has 1 unspecified atom stereocenters. The van der Waals surface area contributed by atoms with E-state index >= 15 is 0 Å². The zero-order valence-corrected chi connectivity index (χ0v) is 13.6. The van der Waals surface area contributed by atoms with Gasteiger partial charge in [-0.2, -0.15) is 0 Å². The highest BCUT2D eigenvalue weighted by Crippen LogP contribution is 2.47. The lowest BCUT2D eigenvalue weighted by molar-refractivity contribution is -0.148. The number of hydrogen-bond donors (Lipinski definition) is 0. The third-order valence-electron chi connectivity index (χ3n) is 4.43. The summed E-state index contributed by atoms with van der Waals surface area (Å²) < 4.78 is 15.8. The van der Waals surface area contributed by atoms with E-state index in [1.165, 1.54) is 20.3 Å². The Balaban J connectivity index is 2.29. The van der Waals surface area contributed by atoms with Crippen LogP contribution in [0.15, 0.2) is 60.1 Å². The van der Waals surface area contributed by atoms with Crippen molar-refractivity contribution in [1.29, 1.82) is 0 Å². The molecule has 5 heteroatoms. The topological polar surface area (TPSA) is 61.8 Å². The van der Waals surface area contributed by atoms with Crippen molar-refractivity contribution in [1.82, 2.24) is 0 Å². The van der Waals surface area contributed by atoms with Crippen molar-refractivity contribution in [3.05, 3.63) is 71.2 Å². The van der Waals surface area contributed by atoms with Gasteiger partial charge in [0.05, 0.1) is 19.8 Å². The Hall–Kier alpha value is -2.82. The number of fused-ring (bicyclic) bond motifs is 2. The third-order valence-corrected chi connectivity index (χ3v) is 4.43. The van der Waals surface area contributed by atoms with E-state index in [-0.39, 0.29) is 5.76 Å². The second-order valence-electron chi connectivity index (χ2n) is 5.74. The average molecular weight is 326 g/mol. The molecular weight excluding hydrogens is 308 g/mol. The highest BCUT2D eigenvalue weighted by atomic mass is 16.5. The SMILES string of the molecule is C=CC1=CC2(C(=O)OC)Cc3ccccc3CC(C(=O)OC)=C2O1. The van der Waals surface area contributed by atoms with Crippen LogP contribution in [0.3, 0.4) is 0 Å². The van der Waals surface area contributed by atoms with Crippen LogP contribution in [0.4, 0.5) is 0 Å². The number of hydrogen-bond acceptors (Lipinski definition) is 5. The third kappa shape index (κ3) is 2.33. The summed E-state index contributed by atoms with van der Waals surface area (Å²) in [4.78, 5) is 25.0. The second-order valence-corrected chi connectivity index (χ2v) is 5.74. The summed E-state index contributed by atoms with van der Waals surface area (Å²) in [6.07, 6.45) is 3.86. The van der Waals surface area contributed by atoms with Gasteiger partial charge in [0.1, 0.15) is 11.5 Å². The summed E-state index contributed by atoms with van der Waals surface area (Å²) >= 11 is 0. The minimum absolute atomic E-state index is 0.271. The average Bonchev–Trinajstić information content (AvgIpc) is 2.92. The van der Waals surface area contributed by atoms with Crippen LogP contribution < -0.4 is 0 Å². The number of ether oxygens (including phenoxy) is 3. The number of allylic oxidation sites excluding steroid dienone is 1. The molecule has 0 aromatic heterocycles. The first kappa shape index (κ1) is 16.1. The van der Waals surface area contributed by atoms with Gasteiger partial charge in [0.25, 0.3) is 0 Å². The molecule has 0 amide bonds. The summed E-state index contributed by atoms with van der Waals surface area (Å²) in [6.45, 7) is 3.69. The van der Waals surface area contributed by atoms with Gasteiger partial charge < -0.3 is 14.2 Å². The van der Waals surface area contributed by atoms with Crippen molar-refractivity contribution in [2.45, 2.75) is 12.8 Å². The Kier molecular flexibility index (Phi) is 4.01. The lowest BCUT2D eigenvalue weighted by atomic mass is 9.80. The molecule has 1 atom stereocenters. The summed E-state index contributed by atoms with van der Waals surface area (Å²) in [5.41, 5.74) is 1.06. The first-order valence-corrected chi connectivity index (χ1v) is 7.56. The van der Waals surface area contributed by atoms with Gasteiger partial charge in [-0.25, -0.2) is 4.79 Å². The van der Waals surface area contributed by atoms with Crippen molar-refractivity contribution in [3.8, 4) is 0 Å². The van der Waals surface area contributed by atoms with E-state index in [0.29, 0.717) is 24.2 Å². The lowest BCUT2D eigenvalue weighted by Gasteiger charge is -2.24. The van der Waals surface area contributed by atoms with E-state index in [1.807, 2.05) is 24.3 Å². The molecule has 1 aromatic rings. The number of methoxy groups -OCH3 is 2. The van der Waals surface area contributed by atoms with E-state index < -0.39 is 17.4 Å². The highest BCUT2D eigenvalue weighted by Gasteiger charge is 2.51. The van der Waals surface area contributed by atoms with Crippen LogP contribution in [0.2, 0.25) is 0 Å². The standard InChI is InChI=1S/C19H18O5/c1-4-14-11-19(18(21)23-3)10-13-8-6-5-7-12(13)9-15(16(19)24-14)17(20)22-2/h4-8,11H,1,9-10H2,2-3H3. The maximum absolute atomic E-state index is 12.7. The molecule has 0 radical (unpaired) electrons. The first-order chi connectivity index (χ1) is 11.6. The second kappa shape index (κ2) is 6.00. The summed E-state index contributed by atoms with van der Waals surface area (Å²) in [5, 5.41) is 0. The molecule has 0 spiro atoms. The minimum Gasteiger partial charge on any atom is -0.468 e. The molecule has 1 aliphatic heterocycles. The zero-order chi connectivity index (χ0) is 17.3. The van der Waals surface area contributed by atoms with Crippen LogP contribution >= 0.6 is 0 Å². The first-order valence-electron chi connectivity index (χ1n) is 7.56. The van der Waals surface area contributed by atoms with Crippen molar-refractivity contribution < 1.29 is 23.8 Å². The Morgan fingerprint density at radius 1 is 1.21 bits per heavy atom. The molecule has 1 aliphatic carbocycles. The van der Waals surface area contributed by atoms with Crippen molar-refractivity contribution in [2.75, 3.05) is 14.2 Å². The van der Waals surface area contributed by atoms with Crippen LogP contribution in [0, 0.1) is 5.41 Å². The van der Waals surface area contributed by atoms with E-state index in [9.17, 15) is 9.59 Å². The summed E-state index contributed by atoms with van der Waals surface area (Å²) in [7, 11) is 2.63. The van der Waals surface area contributed by atoms with E-state index in [1.54, 1.807) is 6.08 Å². The van der Waals surface area contributed by atoms with Gasteiger partial charge in [-0.05, 0) is 29.7 Å². The number of carbonyl (C=O) groups is 2. The molecule has 1 heterocycles. The molecule has 1 aromatic carbocycles. The highest BCUT2D eigenvalue weighted by molar-refractivity contribution is 5.94. The molecule has 0 saturated heterocycles. The normalized spacial score (nSPS) is 21.7. The van der Waals surface area contributed by atoms with E-state index in [2.05, 4.69) is 6.58 Å². The van der Waals surface area contributed by atoms with Gasteiger partial charge in [-0.1, -0.05) is 30.8 Å². The molecular formula is C19H18O5. The predicted octanol–water partition coefficient (Wildman–Crippen LogP) is 2.47. The van der Waals surface area contributed by atoms with E-state index in [0.717, 1.165) is 11.1 Å². The predicted molar refractivity (Wildman–Crippen MR) is 86.7 cm³/mol. The summed E-state index contributed by atoms with van der Waals surface area (Å²) in [5.74, 6) is -0.301. The number of benzene rings is 1. The van der Waals surface area contributed by atoms with Crippen molar-refractivity contribution >= 4 is 11.9 Å². The lowest BCUT2D eigenvalue weighted by Crippen LogP contribution is -2.34. The van der Waals surface area contributed by atoms with Crippen LogP contribution in [-0.4, -0.2) is 26.2 Å². The monoisotopic (exact) mass is 326 g/mol. The van der Waals surface area contributed by atoms with Crippen molar-refractivity contribution in [2.24, 2.45) is 5.41 Å². The molecule has 0 saturated carbocycles. The van der Waals surface area contributed by atoms with Gasteiger partial charge in [0.15, 0.2) is 5.41 Å². The van der Waals surface area contributed by atoms with Gasteiger partial charge in [0.2, 0.25) is 0 Å². The van der Waals surface area contributed by atoms with Crippen LogP contribution in [0.5, 0.6) is 0 Å². The molecule has 0 N–H and O–H groups in total. The molecule has 5 nitrogen and oxygen atoms in total. The Bertz CT molecular complexity index is 787. The van der Waals surface area contributed by atoms with Crippen LogP contribution in [0.1, 0.15) is 11.1 Å². The van der Waals surface area contributed by atoms with Gasteiger partial charge in [-0.3, -0.25) is 4.79 Å². The maximum Gasteiger partial charge on any atom is 0.337 e. The fraction of sp³-hybridized carbons (Fsp3) is 0.263. The molecule has 0 bridgehead atoms. The minimum atomic E-state index is -1.19. The quantitative estimate of drug-likeness (QED) is 0.799. The zero-order valence-electron chi connectivity index (χ0n) is 13.6. The molecule has 3 rings (SSSR count). The Morgan fingerprint density at radius 3 is 2.54 bits per heavy atom. The van der Waals surface area contributed by atoms with Crippen LogP contribution in [-0.2, 0) is 36.6 Å². The Labute approximate surface area is 140 Å². The molecule has 124 valence electrons. The van der Waals surface area contributed by atoms with Crippen LogP contribution in [0.25, 0.3) is 0 Å². The molecule has 24 heavy (non-hydrogen) atoms. The molecule has 2 aliphatic rings. The van der Waals surface area contributed by atoms with Crippen molar-refractivity contribution in [3.63, 3.8) is 0 Å². The smallest absolute Gasteiger partial charge is 0.337 e. The largest absolute Gasteiger partial charge is 0.468 e. The number of esters is 2. The van der Waals surface area contributed by atoms with Gasteiger partial charge >= 0.3 is 11.9 Å². The maximum atomic E-state index is 12.7. The molecule has 0 fully saturated rings. The summed E-state index contributed by atoms with van der Waals surface area (Å²) in [6, 6.07) is 7.68. The Morgan fingerprint density at radius 2 is 1.92 bits per heavy atom. The van der Waals surface area contributed by atoms with E-state index in [4.69, 9.17) is 14.2 Å². The van der Waals surface area contributed by atoms with Gasteiger partial charge in [-0.15, -0.1) is 0 Å². The van der Waals surface area contributed by atoms with Gasteiger partial charge in [0, 0.05) is 6.42 Å². The number of rotatable bonds is 3. The number of carbonyl (C=O) groups excluding carboxylic acids is 2.